The van der Waals surface area contributed by atoms with Gasteiger partial charge in [0.2, 0.25) is 0 Å². The highest BCUT2D eigenvalue weighted by atomic mass is 19.3. The molecule has 0 spiro atoms. The number of nitrogens with zero attached hydrogens (tertiary/aromatic N) is 5. The number of pyridine rings is 1. The lowest BCUT2D eigenvalue weighted by atomic mass is 9.98. The summed E-state index contributed by atoms with van der Waals surface area (Å²) < 4.78 is 49.0. The van der Waals surface area contributed by atoms with E-state index in [1.54, 1.807) is 38.4 Å². The molecule has 4 N–H and O–H groups in total. The van der Waals surface area contributed by atoms with Gasteiger partial charge in [-0.15, -0.1) is 0 Å². The highest BCUT2D eigenvalue weighted by Crippen LogP contribution is 2.41. The molecule has 6 rings (SSSR count). The zero-order valence-electron chi connectivity index (χ0n) is 22.2. The van der Waals surface area contributed by atoms with Crippen molar-refractivity contribution in [1.29, 1.82) is 0 Å². The number of alkyl halides is 2. The first-order valence-electron chi connectivity index (χ1n) is 12.9. The van der Waals surface area contributed by atoms with Gasteiger partial charge in [0.15, 0.2) is 17.4 Å². The van der Waals surface area contributed by atoms with Crippen molar-refractivity contribution in [2.24, 2.45) is 0 Å². The molecular weight excluding hydrogens is 535 g/mol. The van der Waals surface area contributed by atoms with Gasteiger partial charge >= 0.3 is 6.61 Å². The average molecular weight is 562 g/mol. The monoisotopic (exact) mass is 561 g/mol. The van der Waals surface area contributed by atoms with Crippen LogP contribution in [0.1, 0.15) is 31.1 Å². The number of benzene rings is 2. The standard InChI is InChI=1S/C29H26F3N7O2/c1-29(2,40)27-36-12-17(13-37-27)15-3-5-21-22(9-15)39-14-19-25(34-8-7-24(39)38-21)18(16-4-6-23(33)35-11-16)10-20(30)26(19)41-28(31)32/h3-6,9-13,28,34,40H,7-8,14H2,1-2H3,(H2,33,35). The van der Waals surface area contributed by atoms with Crippen LogP contribution in [-0.4, -0.2) is 42.8 Å². The summed E-state index contributed by atoms with van der Waals surface area (Å²) in [5, 5.41) is 13.5. The van der Waals surface area contributed by atoms with Gasteiger partial charge in [0.25, 0.3) is 0 Å². The van der Waals surface area contributed by atoms with E-state index in [0.29, 0.717) is 58.3 Å². The fourth-order valence-electron chi connectivity index (χ4n) is 5.02. The van der Waals surface area contributed by atoms with E-state index in [2.05, 4.69) is 20.3 Å². The van der Waals surface area contributed by atoms with E-state index in [-0.39, 0.29) is 12.1 Å². The van der Waals surface area contributed by atoms with Crippen molar-refractivity contribution in [1.82, 2.24) is 24.5 Å². The molecule has 0 amide bonds. The molecule has 0 fully saturated rings. The van der Waals surface area contributed by atoms with Gasteiger partial charge in [0.1, 0.15) is 17.2 Å². The number of ether oxygens (including phenoxy) is 1. The van der Waals surface area contributed by atoms with Crippen LogP contribution >= 0.6 is 0 Å². The quantitative estimate of drug-likeness (QED) is 0.270. The van der Waals surface area contributed by atoms with Gasteiger partial charge in [-0.05, 0) is 49.7 Å². The maximum Gasteiger partial charge on any atom is 0.387 e. The zero-order valence-corrected chi connectivity index (χ0v) is 22.2. The molecule has 210 valence electrons. The Morgan fingerprint density at radius 1 is 1.02 bits per heavy atom. The molecular formula is C29H26F3N7O2. The molecule has 0 saturated heterocycles. The molecule has 1 aliphatic heterocycles. The van der Waals surface area contributed by atoms with E-state index < -0.39 is 23.8 Å². The first kappa shape index (κ1) is 26.5. The van der Waals surface area contributed by atoms with Crippen LogP contribution in [0.4, 0.5) is 24.7 Å². The van der Waals surface area contributed by atoms with Crippen molar-refractivity contribution in [3.05, 3.63) is 78.0 Å². The molecule has 0 radical (unpaired) electrons. The third-order valence-electron chi connectivity index (χ3n) is 6.96. The van der Waals surface area contributed by atoms with Crippen molar-refractivity contribution in [3.63, 3.8) is 0 Å². The molecule has 0 aliphatic carbocycles. The second kappa shape index (κ2) is 10.0. The maximum absolute atomic E-state index is 15.4. The molecule has 4 heterocycles. The van der Waals surface area contributed by atoms with E-state index in [1.807, 2.05) is 22.8 Å². The summed E-state index contributed by atoms with van der Waals surface area (Å²) >= 11 is 0. The van der Waals surface area contributed by atoms with Gasteiger partial charge in [-0.2, -0.15) is 8.78 Å². The summed E-state index contributed by atoms with van der Waals surface area (Å²) in [5.41, 5.74) is 9.18. The first-order valence-corrected chi connectivity index (χ1v) is 12.9. The van der Waals surface area contributed by atoms with Crippen LogP contribution in [0.25, 0.3) is 33.3 Å². The van der Waals surface area contributed by atoms with Gasteiger partial charge in [0, 0.05) is 53.8 Å². The molecule has 0 bridgehead atoms. The zero-order chi connectivity index (χ0) is 28.9. The number of nitrogens with one attached hydrogen (secondary N) is 1. The van der Waals surface area contributed by atoms with E-state index in [4.69, 9.17) is 15.5 Å². The van der Waals surface area contributed by atoms with Gasteiger partial charge in [-0.25, -0.2) is 24.3 Å². The predicted octanol–water partition coefficient (Wildman–Crippen LogP) is 5.12. The summed E-state index contributed by atoms with van der Waals surface area (Å²) in [4.78, 5) is 17.5. The Bertz CT molecular complexity index is 1750. The summed E-state index contributed by atoms with van der Waals surface area (Å²) in [5.74, 6) is -0.160. The summed E-state index contributed by atoms with van der Waals surface area (Å²) in [6.07, 6.45) is 5.29. The first-order chi connectivity index (χ1) is 19.6. The minimum Gasteiger partial charge on any atom is -0.431 e. The Kier molecular flexibility index (Phi) is 6.49. The number of aromatic nitrogens is 5. The Hall–Kier alpha value is -4.71. The lowest BCUT2D eigenvalue weighted by Gasteiger charge is -2.24. The van der Waals surface area contributed by atoms with E-state index >= 15 is 4.39 Å². The highest BCUT2D eigenvalue weighted by molar-refractivity contribution is 5.85. The molecule has 0 unspecified atom stereocenters. The Morgan fingerprint density at radius 2 is 1.76 bits per heavy atom. The summed E-state index contributed by atoms with van der Waals surface area (Å²) in [6.45, 7) is 0.413. The number of halogens is 3. The molecule has 3 aromatic heterocycles. The van der Waals surface area contributed by atoms with Crippen molar-refractivity contribution in [3.8, 4) is 28.0 Å². The summed E-state index contributed by atoms with van der Waals surface area (Å²) in [7, 11) is 0. The molecule has 12 heteroatoms. The fourth-order valence-corrected chi connectivity index (χ4v) is 5.02. The maximum atomic E-state index is 15.4. The normalized spacial score (nSPS) is 13.3. The number of imidazole rings is 1. The van der Waals surface area contributed by atoms with E-state index in [9.17, 15) is 13.9 Å². The van der Waals surface area contributed by atoms with Crippen LogP contribution in [0.15, 0.2) is 55.0 Å². The van der Waals surface area contributed by atoms with Crippen LogP contribution in [0.2, 0.25) is 0 Å². The number of nitrogens with two attached hydrogens (primary N) is 1. The molecule has 0 saturated carbocycles. The van der Waals surface area contributed by atoms with Gasteiger partial charge in [0.05, 0.1) is 23.3 Å². The molecule has 41 heavy (non-hydrogen) atoms. The molecule has 2 aromatic carbocycles. The minimum absolute atomic E-state index is 0.0149. The number of fused-ring (bicyclic) bond motifs is 4. The van der Waals surface area contributed by atoms with Crippen LogP contribution in [0, 0.1) is 5.82 Å². The Morgan fingerprint density at radius 3 is 2.44 bits per heavy atom. The number of anilines is 2. The predicted molar refractivity (Wildman–Crippen MR) is 148 cm³/mol. The van der Waals surface area contributed by atoms with Gasteiger partial charge in [-0.3, -0.25) is 0 Å². The number of hydrogen-bond donors (Lipinski definition) is 3. The Balaban J connectivity index is 1.50. The fraction of sp³-hybridized carbons (Fsp3) is 0.241. The molecule has 5 aromatic rings. The van der Waals surface area contributed by atoms with E-state index in [1.165, 1.54) is 12.3 Å². The lowest BCUT2D eigenvalue weighted by Crippen LogP contribution is -2.19. The smallest absolute Gasteiger partial charge is 0.387 e. The van der Waals surface area contributed by atoms with Crippen LogP contribution < -0.4 is 15.8 Å². The second-order valence-corrected chi connectivity index (χ2v) is 10.3. The van der Waals surface area contributed by atoms with Crippen LogP contribution in [-0.2, 0) is 18.6 Å². The number of hydrogen-bond acceptors (Lipinski definition) is 8. The SMILES string of the molecule is CC(C)(O)c1ncc(-c2ccc3nc4n(c3c2)Cc2c(c(-c3ccc(N)nc3)cc(F)c2OC(F)F)NCC4)cn1. The van der Waals surface area contributed by atoms with Crippen LogP contribution in [0.5, 0.6) is 5.75 Å². The second-order valence-electron chi connectivity index (χ2n) is 10.3. The van der Waals surface area contributed by atoms with Crippen molar-refractivity contribution in [2.45, 2.75) is 39.0 Å². The van der Waals surface area contributed by atoms with Crippen LogP contribution in [0.3, 0.4) is 0 Å². The van der Waals surface area contributed by atoms with Crippen molar-refractivity contribution < 1.29 is 23.0 Å². The van der Waals surface area contributed by atoms with E-state index in [0.717, 1.165) is 11.1 Å². The minimum atomic E-state index is -3.22. The third kappa shape index (κ3) is 5.02. The molecule has 9 nitrogen and oxygen atoms in total. The van der Waals surface area contributed by atoms with Gasteiger partial charge in [-0.1, -0.05) is 6.07 Å². The lowest BCUT2D eigenvalue weighted by molar-refractivity contribution is -0.0528. The molecule has 0 atom stereocenters. The topological polar surface area (TPSA) is 124 Å². The molecule has 1 aliphatic rings. The van der Waals surface area contributed by atoms with Gasteiger partial charge < -0.3 is 25.5 Å². The average Bonchev–Trinajstić information content (AvgIpc) is 3.25. The number of rotatable bonds is 5. The highest BCUT2D eigenvalue weighted by Gasteiger charge is 2.27. The van der Waals surface area contributed by atoms with Crippen molar-refractivity contribution >= 4 is 22.5 Å². The summed E-state index contributed by atoms with van der Waals surface area (Å²) in [6, 6.07) is 10.1. The Labute approximate surface area is 232 Å². The van der Waals surface area contributed by atoms with Crippen molar-refractivity contribution in [2.75, 3.05) is 17.6 Å². The largest absolute Gasteiger partial charge is 0.431 e. The number of nitrogen functional groups attached to an aromatic ring is 1. The number of aliphatic hydroxyl groups is 1. The third-order valence-corrected chi connectivity index (χ3v) is 6.96.